The summed E-state index contributed by atoms with van der Waals surface area (Å²) in [5.74, 6) is 0.683. The summed E-state index contributed by atoms with van der Waals surface area (Å²) in [7, 11) is 0. The van der Waals surface area contributed by atoms with E-state index >= 15 is 0 Å². The van der Waals surface area contributed by atoms with E-state index in [1.807, 2.05) is 42.2 Å². The van der Waals surface area contributed by atoms with Crippen molar-refractivity contribution < 1.29 is 9.53 Å². The molecule has 0 fully saturated rings. The highest BCUT2D eigenvalue weighted by atomic mass is 35.5. The van der Waals surface area contributed by atoms with Crippen LogP contribution in [0.15, 0.2) is 60.0 Å². The lowest BCUT2D eigenvalue weighted by Crippen LogP contribution is -2.33. The second-order valence-corrected chi connectivity index (χ2v) is 7.37. The number of carbonyl (C=O) groups is 1. The predicted molar refractivity (Wildman–Crippen MR) is 110 cm³/mol. The van der Waals surface area contributed by atoms with E-state index in [0.29, 0.717) is 30.4 Å². The van der Waals surface area contributed by atoms with E-state index in [1.54, 1.807) is 17.5 Å². The van der Waals surface area contributed by atoms with Crippen LogP contribution in [0.4, 0.5) is 0 Å². The Balaban J connectivity index is 1.56. The largest absolute Gasteiger partial charge is 0.486 e. The Kier molecular flexibility index (Phi) is 6.85. The molecule has 1 amide bonds. The fraction of sp³-hybridized carbons (Fsp3) is 0.238. The van der Waals surface area contributed by atoms with Gasteiger partial charge in [-0.1, -0.05) is 41.9 Å². The third-order valence-electron chi connectivity index (χ3n) is 4.13. The fourth-order valence-corrected chi connectivity index (χ4v) is 3.43. The molecule has 0 atom stereocenters. The van der Waals surface area contributed by atoms with Crippen molar-refractivity contribution in [3.8, 4) is 5.75 Å². The van der Waals surface area contributed by atoms with Gasteiger partial charge < -0.3 is 9.64 Å². The first-order valence-electron chi connectivity index (χ1n) is 8.81. The summed E-state index contributed by atoms with van der Waals surface area (Å²) in [5, 5.41) is 3.24. The highest BCUT2D eigenvalue weighted by Crippen LogP contribution is 2.19. The molecule has 0 unspecified atom stereocenters. The van der Waals surface area contributed by atoms with Crippen LogP contribution in [0.25, 0.3) is 0 Å². The molecule has 3 aromatic rings. The lowest BCUT2D eigenvalue weighted by Gasteiger charge is -2.19. The summed E-state index contributed by atoms with van der Waals surface area (Å²) in [6.07, 6.45) is 0.830. The molecule has 6 heteroatoms. The van der Waals surface area contributed by atoms with Crippen LogP contribution in [0.5, 0.6) is 5.75 Å². The number of hydrogen-bond donors (Lipinski definition) is 0. The van der Waals surface area contributed by atoms with Gasteiger partial charge in [0.1, 0.15) is 23.1 Å². The van der Waals surface area contributed by atoms with Crippen LogP contribution in [0.3, 0.4) is 0 Å². The van der Waals surface area contributed by atoms with Gasteiger partial charge in [-0.3, -0.25) is 4.79 Å². The minimum Gasteiger partial charge on any atom is -0.486 e. The van der Waals surface area contributed by atoms with E-state index in [4.69, 9.17) is 16.3 Å². The molecule has 0 radical (unpaired) electrons. The first-order chi connectivity index (χ1) is 13.2. The van der Waals surface area contributed by atoms with Crippen molar-refractivity contribution in [2.75, 3.05) is 13.1 Å². The van der Waals surface area contributed by atoms with Crippen LogP contribution in [0.1, 0.15) is 28.0 Å². The Hall–Kier alpha value is -2.37. The van der Waals surface area contributed by atoms with E-state index in [0.717, 1.165) is 17.2 Å². The van der Waals surface area contributed by atoms with Crippen molar-refractivity contribution in [1.82, 2.24) is 9.88 Å². The third kappa shape index (κ3) is 5.55. The fourth-order valence-electron chi connectivity index (χ4n) is 2.63. The zero-order chi connectivity index (χ0) is 19.1. The van der Waals surface area contributed by atoms with Gasteiger partial charge in [0.05, 0.1) is 0 Å². The van der Waals surface area contributed by atoms with Gasteiger partial charge in [-0.2, -0.15) is 0 Å². The maximum atomic E-state index is 12.7. The molecular formula is C21H21ClN2O2S. The van der Waals surface area contributed by atoms with Crippen LogP contribution in [0, 0.1) is 0 Å². The summed E-state index contributed by atoms with van der Waals surface area (Å²) >= 11 is 7.30. The van der Waals surface area contributed by atoms with E-state index in [-0.39, 0.29) is 5.91 Å². The molecule has 0 aliphatic carbocycles. The van der Waals surface area contributed by atoms with Crippen molar-refractivity contribution in [2.45, 2.75) is 20.0 Å². The summed E-state index contributed by atoms with van der Waals surface area (Å²) in [6.45, 7) is 3.64. The molecule has 0 bridgehead atoms. The van der Waals surface area contributed by atoms with Gasteiger partial charge in [0.2, 0.25) is 0 Å². The molecule has 140 valence electrons. The summed E-state index contributed by atoms with van der Waals surface area (Å²) in [6, 6.07) is 17.4. The zero-order valence-electron chi connectivity index (χ0n) is 15.1. The number of nitrogens with zero attached hydrogens (tertiary/aromatic N) is 2. The summed E-state index contributed by atoms with van der Waals surface area (Å²) in [5.41, 5.74) is 1.70. The smallest absolute Gasteiger partial charge is 0.273 e. The van der Waals surface area contributed by atoms with Crippen LogP contribution < -0.4 is 4.74 Å². The molecule has 0 saturated carbocycles. The summed E-state index contributed by atoms with van der Waals surface area (Å²) in [4.78, 5) is 19.0. The molecule has 0 N–H and O–H groups in total. The lowest BCUT2D eigenvalue weighted by molar-refractivity contribution is 0.0760. The average molecular weight is 401 g/mol. The van der Waals surface area contributed by atoms with Gasteiger partial charge >= 0.3 is 0 Å². The Morgan fingerprint density at radius 1 is 1.15 bits per heavy atom. The minimum atomic E-state index is -0.0394. The third-order valence-corrected chi connectivity index (χ3v) is 5.20. The van der Waals surface area contributed by atoms with Gasteiger partial charge in [0, 0.05) is 23.5 Å². The number of ether oxygens (including phenoxy) is 1. The second kappa shape index (κ2) is 9.53. The number of benzene rings is 2. The first kappa shape index (κ1) is 19.4. The van der Waals surface area contributed by atoms with Crippen LogP contribution in [-0.2, 0) is 13.0 Å². The highest BCUT2D eigenvalue weighted by molar-refractivity contribution is 7.09. The molecule has 4 nitrogen and oxygen atoms in total. The number of thiazole rings is 1. The molecule has 3 rings (SSSR count). The number of halogens is 1. The van der Waals surface area contributed by atoms with Gasteiger partial charge in [-0.05, 0) is 43.2 Å². The first-order valence-corrected chi connectivity index (χ1v) is 10.1. The van der Waals surface area contributed by atoms with E-state index < -0.39 is 0 Å². The van der Waals surface area contributed by atoms with Crippen molar-refractivity contribution in [1.29, 1.82) is 0 Å². The van der Waals surface area contributed by atoms with Crippen molar-refractivity contribution in [2.24, 2.45) is 0 Å². The molecule has 2 aromatic carbocycles. The highest BCUT2D eigenvalue weighted by Gasteiger charge is 2.17. The number of rotatable bonds is 8. The van der Waals surface area contributed by atoms with Gasteiger partial charge in [-0.15, -0.1) is 11.3 Å². The Morgan fingerprint density at radius 3 is 2.59 bits per heavy atom. The molecule has 0 aliphatic rings. The lowest BCUT2D eigenvalue weighted by atomic mass is 10.1. The predicted octanol–water partition coefficient (Wildman–Crippen LogP) is 5.08. The quantitative estimate of drug-likeness (QED) is 0.529. The Labute approximate surface area is 168 Å². The maximum absolute atomic E-state index is 12.7. The average Bonchev–Trinajstić information content (AvgIpc) is 3.18. The monoisotopic (exact) mass is 400 g/mol. The van der Waals surface area contributed by atoms with Gasteiger partial charge in [0.15, 0.2) is 0 Å². The SMILES string of the molecule is CCN(CCc1ccccc1)C(=O)c1csc(COc2ccc(Cl)cc2)n1. The van der Waals surface area contributed by atoms with Gasteiger partial charge in [0.25, 0.3) is 5.91 Å². The molecule has 1 aromatic heterocycles. The molecule has 0 aliphatic heterocycles. The number of aromatic nitrogens is 1. The number of hydrogen-bond acceptors (Lipinski definition) is 4. The number of amides is 1. The molecule has 0 saturated heterocycles. The van der Waals surface area contributed by atoms with E-state index in [9.17, 15) is 4.79 Å². The number of likely N-dealkylation sites (N-methyl/N-ethyl adjacent to an activating group) is 1. The van der Waals surface area contributed by atoms with E-state index in [1.165, 1.54) is 16.9 Å². The van der Waals surface area contributed by atoms with Crippen LogP contribution in [0.2, 0.25) is 5.02 Å². The minimum absolute atomic E-state index is 0.0394. The molecular weight excluding hydrogens is 380 g/mol. The standard InChI is InChI=1S/C21H21ClN2O2S/c1-2-24(13-12-16-6-4-3-5-7-16)21(25)19-15-27-20(23-19)14-26-18-10-8-17(22)9-11-18/h3-11,15H,2,12-14H2,1H3. The normalized spacial score (nSPS) is 10.6. The topological polar surface area (TPSA) is 42.4 Å². The van der Waals surface area contributed by atoms with Crippen molar-refractivity contribution in [3.63, 3.8) is 0 Å². The molecule has 27 heavy (non-hydrogen) atoms. The zero-order valence-corrected chi connectivity index (χ0v) is 16.7. The van der Waals surface area contributed by atoms with Crippen molar-refractivity contribution in [3.05, 3.63) is 81.3 Å². The Morgan fingerprint density at radius 2 is 1.89 bits per heavy atom. The molecule has 1 heterocycles. The summed E-state index contributed by atoms with van der Waals surface area (Å²) < 4.78 is 5.70. The van der Waals surface area contributed by atoms with Crippen molar-refractivity contribution >= 4 is 28.8 Å². The van der Waals surface area contributed by atoms with Crippen LogP contribution >= 0.6 is 22.9 Å². The maximum Gasteiger partial charge on any atom is 0.273 e. The van der Waals surface area contributed by atoms with Gasteiger partial charge in [-0.25, -0.2) is 4.98 Å². The number of carbonyl (C=O) groups excluding carboxylic acids is 1. The Bertz CT molecular complexity index is 865. The second-order valence-electron chi connectivity index (χ2n) is 5.99. The van der Waals surface area contributed by atoms with Crippen LogP contribution in [-0.4, -0.2) is 28.9 Å². The van der Waals surface area contributed by atoms with E-state index in [2.05, 4.69) is 17.1 Å². The molecule has 0 spiro atoms.